The predicted octanol–water partition coefficient (Wildman–Crippen LogP) is 2.11. The van der Waals surface area contributed by atoms with Gasteiger partial charge in [-0.2, -0.15) is 0 Å². The number of carbonyl (C=O) groups is 1. The average Bonchev–Trinajstić information content (AvgIpc) is 3.09. The molecule has 1 atom stereocenters. The van der Waals surface area contributed by atoms with E-state index in [9.17, 15) is 4.79 Å². The van der Waals surface area contributed by atoms with Crippen LogP contribution in [0.2, 0.25) is 0 Å². The van der Waals surface area contributed by atoms with Gasteiger partial charge in [0.2, 0.25) is 6.10 Å². The molecule has 2 heterocycles. The van der Waals surface area contributed by atoms with E-state index >= 15 is 0 Å². The first kappa shape index (κ1) is 12.4. The SMILES string of the molecule is Cc1cc(NC(=O)C2CC(c3ccccc3)=NO2)no1. The molecule has 6 heteroatoms. The van der Waals surface area contributed by atoms with Crippen LogP contribution in [0.5, 0.6) is 0 Å². The fraction of sp³-hybridized carbons (Fsp3) is 0.214. The molecule has 1 aromatic carbocycles. The highest BCUT2D eigenvalue weighted by Crippen LogP contribution is 2.18. The molecule has 0 radical (unpaired) electrons. The normalized spacial score (nSPS) is 17.4. The van der Waals surface area contributed by atoms with Gasteiger partial charge in [-0.25, -0.2) is 0 Å². The number of nitrogens with one attached hydrogen (secondary N) is 1. The highest BCUT2D eigenvalue weighted by Gasteiger charge is 2.29. The second kappa shape index (κ2) is 5.16. The van der Waals surface area contributed by atoms with E-state index in [-0.39, 0.29) is 5.91 Å². The lowest BCUT2D eigenvalue weighted by atomic mass is 10.0. The summed E-state index contributed by atoms with van der Waals surface area (Å²) in [5, 5.41) is 10.3. The van der Waals surface area contributed by atoms with E-state index in [0.717, 1.165) is 11.3 Å². The lowest BCUT2D eigenvalue weighted by Gasteiger charge is -2.06. The number of hydrogen-bond acceptors (Lipinski definition) is 5. The van der Waals surface area contributed by atoms with Gasteiger partial charge in [0.1, 0.15) is 5.76 Å². The predicted molar refractivity (Wildman–Crippen MR) is 72.3 cm³/mol. The Bertz CT molecular complexity index is 649. The topological polar surface area (TPSA) is 76.7 Å². The Balaban J connectivity index is 1.62. The van der Waals surface area contributed by atoms with E-state index in [1.54, 1.807) is 13.0 Å². The Kier molecular flexibility index (Phi) is 3.20. The van der Waals surface area contributed by atoms with Crippen molar-refractivity contribution in [3.8, 4) is 0 Å². The van der Waals surface area contributed by atoms with E-state index in [2.05, 4.69) is 15.6 Å². The highest BCUT2D eigenvalue weighted by molar-refractivity contribution is 6.05. The van der Waals surface area contributed by atoms with Gasteiger partial charge in [0.15, 0.2) is 5.82 Å². The fourth-order valence-corrected chi connectivity index (χ4v) is 1.95. The molecular weight excluding hydrogens is 258 g/mol. The highest BCUT2D eigenvalue weighted by atomic mass is 16.6. The van der Waals surface area contributed by atoms with E-state index in [1.807, 2.05) is 30.3 Å². The third-order valence-electron chi connectivity index (χ3n) is 2.95. The Labute approximate surface area is 115 Å². The van der Waals surface area contributed by atoms with Crippen LogP contribution in [-0.2, 0) is 9.63 Å². The van der Waals surface area contributed by atoms with Crippen molar-refractivity contribution in [1.82, 2.24) is 5.16 Å². The molecule has 6 nitrogen and oxygen atoms in total. The van der Waals surface area contributed by atoms with Crippen molar-refractivity contribution in [2.75, 3.05) is 5.32 Å². The van der Waals surface area contributed by atoms with Gasteiger partial charge in [-0.1, -0.05) is 40.6 Å². The average molecular weight is 271 g/mol. The maximum absolute atomic E-state index is 12.0. The number of anilines is 1. The number of oxime groups is 1. The monoisotopic (exact) mass is 271 g/mol. The van der Waals surface area contributed by atoms with Crippen LogP contribution >= 0.6 is 0 Å². The number of benzene rings is 1. The molecule has 1 amide bonds. The Morgan fingerprint density at radius 2 is 2.15 bits per heavy atom. The van der Waals surface area contributed by atoms with Crippen molar-refractivity contribution in [3.05, 3.63) is 47.7 Å². The largest absolute Gasteiger partial charge is 0.382 e. The molecule has 0 saturated carbocycles. The Morgan fingerprint density at radius 1 is 1.35 bits per heavy atom. The van der Waals surface area contributed by atoms with Crippen LogP contribution in [0.3, 0.4) is 0 Å². The molecule has 0 saturated heterocycles. The molecule has 0 spiro atoms. The van der Waals surface area contributed by atoms with Crippen LogP contribution < -0.4 is 5.32 Å². The lowest BCUT2D eigenvalue weighted by molar-refractivity contribution is -0.125. The number of nitrogens with zero attached hydrogens (tertiary/aromatic N) is 2. The van der Waals surface area contributed by atoms with Gasteiger partial charge in [0.05, 0.1) is 5.71 Å². The van der Waals surface area contributed by atoms with Crippen LogP contribution in [0, 0.1) is 6.92 Å². The third-order valence-corrected chi connectivity index (χ3v) is 2.95. The number of hydrogen-bond donors (Lipinski definition) is 1. The van der Waals surface area contributed by atoms with Gasteiger partial charge in [0.25, 0.3) is 5.91 Å². The minimum Gasteiger partial charge on any atom is -0.382 e. The minimum absolute atomic E-state index is 0.284. The summed E-state index contributed by atoms with van der Waals surface area (Å²) in [5.41, 5.74) is 1.72. The van der Waals surface area contributed by atoms with Crippen LogP contribution in [0.25, 0.3) is 0 Å². The summed E-state index contributed by atoms with van der Waals surface area (Å²) in [5.74, 6) is 0.728. The van der Waals surface area contributed by atoms with Crippen LogP contribution in [0.4, 0.5) is 5.82 Å². The lowest BCUT2D eigenvalue weighted by Crippen LogP contribution is -2.28. The number of amides is 1. The molecule has 1 unspecified atom stereocenters. The zero-order chi connectivity index (χ0) is 13.9. The molecule has 1 aliphatic rings. The summed E-state index contributed by atoms with van der Waals surface area (Å²) in [6.07, 6.45) is -0.200. The summed E-state index contributed by atoms with van der Waals surface area (Å²) in [4.78, 5) is 17.2. The third kappa shape index (κ3) is 2.54. The molecule has 3 rings (SSSR count). The van der Waals surface area contributed by atoms with Crippen LogP contribution in [0.1, 0.15) is 17.7 Å². The summed E-state index contributed by atoms with van der Waals surface area (Å²) in [6.45, 7) is 1.76. The summed E-state index contributed by atoms with van der Waals surface area (Å²) < 4.78 is 4.88. The van der Waals surface area contributed by atoms with Crippen molar-refractivity contribution < 1.29 is 14.2 Å². The molecule has 0 bridgehead atoms. The zero-order valence-electron chi connectivity index (χ0n) is 10.9. The quantitative estimate of drug-likeness (QED) is 0.927. The van der Waals surface area contributed by atoms with Crippen LogP contribution in [0.15, 0.2) is 46.1 Å². The van der Waals surface area contributed by atoms with Crippen molar-refractivity contribution >= 4 is 17.4 Å². The first-order valence-corrected chi connectivity index (χ1v) is 6.24. The Morgan fingerprint density at radius 3 is 2.85 bits per heavy atom. The van der Waals surface area contributed by atoms with E-state index in [4.69, 9.17) is 9.36 Å². The standard InChI is InChI=1S/C14H13N3O3/c1-9-7-13(17-19-9)15-14(18)12-8-11(16-20-12)10-5-3-2-4-6-10/h2-7,12H,8H2,1H3,(H,15,17,18). The molecule has 1 aliphatic heterocycles. The van der Waals surface area contributed by atoms with Gasteiger partial charge >= 0.3 is 0 Å². The molecule has 1 N–H and O–H groups in total. The smallest absolute Gasteiger partial charge is 0.269 e. The molecule has 2 aromatic rings. The van der Waals surface area contributed by atoms with Crippen molar-refractivity contribution in [1.29, 1.82) is 0 Å². The Hall–Kier alpha value is -2.63. The van der Waals surface area contributed by atoms with Gasteiger partial charge < -0.3 is 14.7 Å². The second-order valence-corrected chi connectivity index (χ2v) is 4.51. The molecule has 0 aliphatic carbocycles. The first-order valence-electron chi connectivity index (χ1n) is 6.24. The number of rotatable bonds is 3. The maximum Gasteiger partial charge on any atom is 0.269 e. The summed E-state index contributed by atoms with van der Waals surface area (Å²) in [6, 6.07) is 11.3. The van der Waals surface area contributed by atoms with Crippen LogP contribution in [-0.4, -0.2) is 22.9 Å². The van der Waals surface area contributed by atoms with E-state index < -0.39 is 6.10 Å². The fourth-order valence-electron chi connectivity index (χ4n) is 1.95. The number of aryl methyl sites for hydroxylation is 1. The molecule has 102 valence electrons. The zero-order valence-corrected chi connectivity index (χ0v) is 10.9. The van der Waals surface area contributed by atoms with E-state index in [0.29, 0.717) is 18.0 Å². The summed E-state index contributed by atoms with van der Waals surface area (Å²) in [7, 11) is 0. The number of carbonyl (C=O) groups excluding carboxylic acids is 1. The van der Waals surface area contributed by atoms with Crippen molar-refractivity contribution in [3.63, 3.8) is 0 Å². The van der Waals surface area contributed by atoms with Gasteiger partial charge in [0, 0.05) is 12.5 Å². The molecule has 1 aromatic heterocycles. The second-order valence-electron chi connectivity index (χ2n) is 4.51. The summed E-state index contributed by atoms with van der Waals surface area (Å²) >= 11 is 0. The first-order chi connectivity index (χ1) is 9.72. The maximum atomic E-state index is 12.0. The van der Waals surface area contributed by atoms with Gasteiger partial charge in [-0.05, 0) is 12.5 Å². The molecule has 20 heavy (non-hydrogen) atoms. The van der Waals surface area contributed by atoms with Gasteiger partial charge in [-0.3, -0.25) is 4.79 Å². The minimum atomic E-state index is -0.637. The van der Waals surface area contributed by atoms with E-state index in [1.165, 1.54) is 0 Å². The van der Waals surface area contributed by atoms with Crippen molar-refractivity contribution in [2.24, 2.45) is 5.16 Å². The molecular formula is C14H13N3O3. The van der Waals surface area contributed by atoms with Gasteiger partial charge in [-0.15, -0.1) is 0 Å². The van der Waals surface area contributed by atoms with Crippen molar-refractivity contribution in [2.45, 2.75) is 19.4 Å². The molecule has 0 fully saturated rings. The number of aromatic nitrogens is 1.